The van der Waals surface area contributed by atoms with Gasteiger partial charge in [0.25, 0.3) is 0 Å². The normalized spacial score (nSPS) is 15.1. The topological polar surface area (TPSA) is 16.4 Å². The van der Waals surface area contributed by atoms with E-state index in [0.717, 1.165) is 46.0 Å². The Hall–Kier alpha value is -6.38. The lowest BCUT2D eigenvalue weighted by Gasteiger charge is -2.28. The van der Waals surface area contributed by atoms with Gasteiger partial charge in [-0.15, -0.1) is 0 Å². The van der Waals surface area contributed by atoms with Crippen molar-refractivity contribution in [1.82, 2.24) is 0 Å². The van der Waals surface area contributed by atoms with Crippen molar-refractivity contribution in [3.8, 4) is 44.5 Å². The van der Waals surface area contributed by atoms with Gasteiger partial charge in [-0.3, -0.25) is 0 Å². The molecule has 0 spiro atoms. The molecule has 10 rings (SSSR count). The van der Waals surface area contributed by atoms with Gasteiger partial charge in [-0.2, -0.15) is 0 Å². The van der Waals surface area contributed by atoms with Gasteiger partial charge in [-0.1, -0.05) is 142 Å². The zero-order valence-electron chi connectivity index (χ0n) is 30.9. The number of anilines is 3. The molecule has 0 fully saturated rings. The zero-order valence-corrected chi connectivity index (χ0v) is 30.9. The predicted molar refractivity (Wildman–Crippen MR) is 227 cm³/mol. The third kappa shape index (κ3) is 5.32. The van der Waals surface area contributed by atoms with E-state index in [4.69, 9.17) is 4.42 Å². The third-order valence-electron chi connectivity index (χ3n) is 11.7. The third-order valence-corrected chi connectivity index (χ3v) is 11.7. The SMILES string of the molecule is CC1CC=Cc2c1oc1cc(-c3ccc(N(c4ccc(-c5ccccc5)cc4)c4ccc5c(c4)C(C)(C)c4cc(-c6ccccc6)ccc4-5)cc3)ccc21. The Morgan fingerprint density at radius 3 is 1.69 bits per heavy atom. The number of furan rings is 1. The van der Waals surface area contributed by atoms with Crippen molar-refractivity contribution in [2.24, 2.45) is 0 Å². The Morgan fingerprint density at radius 2 is 1.02 bits per heavy atom. The second-order valence-electron chi connectivity index (χ2n) is 15.4. The second-order valence-corrected chi connectivity index (χ2v) is 15.4. The molecular formula is C52H41NO. The van der Waals surface area contributed by atoms with Gasteiger partial charge in [-0.05, 0) is 117 Å². The summed E-state index contributed by atoms with van der Waals surface area (Å²) in [6.45, 7) is 6.98. The van der Waals surface area contributed by atoms with E-state index in [1.54, 1.807) is 0 Å². The summed E-state index contributed by atoms with van der Waals surface area (Å²) >= 11 is 0. The Balaban J connectivity index is 1.04. The van der Waals surface area contributed by atoms with E-state index in [0.29, 0.717) is 5.92 Å². The molecule has 8 aromatic rings. The minimum absolute atomic E-state index is 0.157. The highest BCUT2D eigenvalue weighted by molar-refractivity contribution is 5.93. The summed E-state index contributed by atoms with van der Waals surface area (Å²) in [4.78, 5) is 2.39. The van der Waals surface area contributed by atoms with Crippen molar-refractivity contribution in [3.63, 3.8) is 0 Å². The van der Waals surface area contributed by atoms with Crippen LogP contribution in [0.3, 0.4) is 0 Å². The largest absolute Gasteiger partial charge is 0.460 e. The number of fused-ring (bicyclic) bond motifs is 6. The highest BCUT2D eigenvalue weighted by Gasteiger charge is 2.36. The Kier molecular flexibility index (Phi) is 7.56. The monoisotopic (exact) mass is 695 g/mol. The van der Waals surface area contributed by atoms with Crippen LogP contribution >= 0.6 is 0 Å². The van der Waals surface area contributed by atoms with Gasteiger partial charge < -0.3 is 9.32 Å². The number of allylic oxidation sites excluding steroid dienone is 1. The van der Waals surface area contributed by atoms with Crippen LogP contribution in [0.1, 0.15) is 55.6 Å². The first-order valence-corrected chi connectivity index (χ1v) is 19.1. The Bertz CT molecular complexity index is 2700. The molecular weight excluding hydrogens is 655 g/mol. The van der Waals surface area contributed by atoms with Gasteiger partial charge >= 0.3 is 0 Å². The number of hydrogen-bond acceptors (Lipinski definition) is 2. The van der Waals surface area contributed by atoms with Crippen LogP contribution in [-0.4, -0.2) is 0 Å². The Morgan fingerprint density at radius 1 is 0.519 bits per heavy atom. The molecule has 2 nitrogen and oxygen atoms in total. The highest BCUT2D eigenvalue weighted by atomic mass is 16.3. The minimum atomic E-state index is -0.157. The first-order chi connectivity index (χ1) is 26.4. The predicted octanol–water partition coefficient (Wildman–Crippen LogP) is 14.7. The number of benzene rings is 7. The van der Waals surface area contributed by atoms with E-state index in [9.17, 15) is 0 Å². The molecule has 7 aromatic carbocycles. The van der Waals surface area contributed by atoms with Gasteiger partial charge in [-0.25, -0.2) is 0 Å². The molecule has 1 aromatic heterocycles. The van der Waals surface area contributed by atoms with Crippen molar-refractivity contribution < 1.29 is 4.42 Å². The molecule has 260 valence electrons. The quantitative estimate of drug-likeness (QED) is 0.172. The molecule has 1 heterocycles. The molecule has 2 aliphatic carbocycles. The average Bonchev–Trinajstić information content (AvgIpc) is 3.71. The first kappa shape index (κ1) is 32.3. The average molecular weight is 696 g/mol. The summed E-state index contributed by atoms with van der Waals surface area (Å²) in [5, 5.41) is 1.19. The van der Waals surface area contributed by atoms with E-state index in [1.165, 1.54) is 55.5 Å². The number of rotatable bonds is 6. The molecule has 0 amide bonds. The molecule has 0 N–H and O–H groups in total. The summed E-state index contributed by atoms with van der Waals surface area (Å²) in [7, 11) is 0. The fourth-order valence-corrected chi connectivity index (χ4v) is 8.71. The standard InChI is InChI=1S/C52H41NO/c1-34-11-10-16-47-46-29-22-40(32-50(46)54-51(34)47)38-19-25-42(26-20-38)53(41-23-17-37(18-24-41)35-12-6-4-7-13-35)43-27-30-45-44-28-21-39(36-14-8-5-9-15-36)31-48(44)52(2,3)49(45)33-43/h4-10,12-34H,11H2,1-3H3. The summed E-state index contributed by atoms with van der Waals surface area (Å²) in [5.74, 6) is 1.50. The maximum Gasteiger partial charge on any atom is 0.135 e. The minimum Gasteiger partial charge on any atom is -0.460 e. The fourth-order valence-electron chi connectivity index (χ4n) is 8.71. The van der Waals surface area contributed by atoms with Crippen molar-refractivity contribution in [1.29, 1.82) is 0 Å². The molecule has 0 saturated carbocycles. The number of nitrogens with zero attached hydrogens (tertiary/aromatic N) is 1. The van der Waals surface area contributed by atoms with Gasteiger partial charge in [0.2, 0.25) is 0 Å². The lowest BCUT2D eigenvalue weighted by molar-refractivity contribution is 0.504. The molecule has 0 radical (unpaired) electrons. The summed E-state index contributed by atoms with van der Waals surface area (Å²) in [6, 6.07) is 59.9. The molecule has 0 bridgehead atoms. The van der Waals surface area contributed by atoms with Gasteiger partial charge in [0.05, 0.1) is 0 Å². The van der Waals surface area contributed by atoms with E-state index in [2.05, 4.69) is 202 Å². The van der Waals surface area contributed by atoms with Crippen LogP contribution in [0.4, 0.5) is 17.1 Å². The van der Waals surface area contributed by atoms with Crippen LogP contribution in [0.2, 0.25) is 0 Å². The first-order valence-electron chi connectivity index (χ1n) is 19.1. The highest BCUT2D eigenvalue weighted by Crippen LogP contribution is 2.52. The maximum atomic E-state index is 6.43. The molecule has 1 atom stereocenters. The smallest absolute Gasteiger partial charge is 0.135 e. The van der Waals surface area contributed by atoms with Gasteiger partial charge in [0.1, 0.15) is 11.3 Å². The van der Waals surface area contributed by atoms with Crippen LogP contribution in [0.25, 0.3) is 61.6 Å². The second kappa shape index (κ2) is 12.6. The molecule has 54 heavy (non-hydrogen) atoms. The lowest BCUT2D eigenvalue weighted by atomic mass is 9.81. The molecule has 2 aliphatic rings. The lowest BCUT2D eigenvalue weighted by Crippen LogP contribution is -2.16. The van der Waals surface area contributed by atoms with Crippen LogP contribution in [0.5, 0.6) is 0 Å². The van der Waals surface area contributed by atoms with Crippen molar-refractivity contribution in [3.05, 3.63) is 192 Å². The van der Waals surface area contributed by atoms with E-state index >= 15 is 0 Å². The van der Waals surface area contributed by atoms with Crippen LogP contribution in [-0.2, 0) is 5.41 Å². The zero-order chi connectivity index (χ0) is 36.4. The van der Waals surface area contributed by atoms with Crippen molar-refractivity contribution >= 4 is 34.1 Å². The van der Waals surface area contributed by atoms with E-state index < -0.39 is 0 Å². The van der Waals surface area contributed by atoms with Crippen LogP contribution < -0.4 is 4.90 Å². The van der Waals surface area contributed by atoms with E-state index in [-0.39, 0.29) is 5.41 Å². The fraction of sp³-hybridized carbons (Fsp3) is 0.115. The summed E-state index contributed by atoms with van der Waals surface area (Å²) in [5.41, 5.74) is 18.0. The molecule has 2 heteroatoms. The van der Waals surface area contributed by atoms with Crippen LogP contribution in [0.15, 0.2) is 174 Å². The van der Waals surface area contributed by atoms with Gasteiger partial charge in [0.15, 0.2) is 0 Å². The van der Waals surface area contributed by atoms with E-state index in [1.807, 2.05) is 0 Å². The van der Waals surface area contributed by atoms with Crippen LogP contribution in [0, 0.1) is 0 Å². The summed E-state index contributed by atoms with van der Waals surface area (Å²) < 4.78 is 6.43. The molecule has 0 saturated heterocycles. The maximum absolute atomic E-state index is 6.43. The van der Waals surface area contributed by atoms with Crippen molar-refractivity contribution in [2.75, 3.05) is 4.90 Å². The molecule has 1 unspecified atom stereocenters. The Labute approximate surface area is 317 Å². The van der Waals surface area contributed by atoms with Crippen molar-refractivity contribution in [2.45, 2.75) is 38.5 Å². The molecule has 0 aliphatic heterocycles. The van der Waals surface area contributed by atoms with Gasteiger partial charge in [0, 0.05) is 39.3 Å². The number of hydrogen-bond donors (Lipinski definition) is 0. The summed E-state index contributed by atoms with van der Waals surface area (Å²) in [6.07, 6.45) is 5.51.